The van der Waals surface area contributed by atoms with Crippen LogP contribution in [0, 0.1) is 0 Å². The van der Waals surface area contributed by atoms with E-state index < -0.39 is 0 Å². The average Bonchev–Trinajstić information content (AvgIpc) is 1.99. The first-order chi connectivity index (χ1) is 5.31. The van der Waals surface area contributed by atoms with Crippen LogP contribution in [0.4, 0.5) is 0 Å². The molecule has 0 aliphatic heterocycles. The molecule has 0 nitrogen and oxygen atoms in total. The van der Waals surface area contributed by atoms with Gasteiger partial charge in [-0.05, 0) is 32.6 Å². The Kier molecular flexibility index (Phi) is 8.03. The Balaban J connectivity index is 3.16. The van der Waals surface area contributed by atoms with E-state index in [2.05, 4.69) is 41.6 Å². The molecule has 11 heavy (non-hydrogen) atoms. The predicted octanol–water partition coefficient (Wildman–Crippen LogP) is 4.07. The van der Waals surface area contributed by atoms with Gasteiger partial charge in [-0.15, -0.1) is 6.58 Å². The molecule has 0 radical (unpaired) electrons. The highest BCUT2D eigenvalue weighted by atomic mass is 79.9. The second kappa shape index (κ2) is 8.06. The fraction of sp³-hybridized carbons (Fsp3) is 0.600. The summed E-state index contributed by atoms with van der Waals surface area (Å²) in [6.45, 7) is 5.77. The third kappa shape index (κ3) is 7.86. The molecule has 0 fully saturated rings. The Morgan fingerprint density at radius 1 is 1.55 bits per heavy atom. The maximum atomic E-state index is 3.70. The van der Waals surface area contributed by atoms with Crippen molar-refractivity contribution in [2.24, 2.45) is 0 Å². The molecule has 0 rings (SSSR count). The zero-order chi connectivity index (χ0) is 8.53. The average molecular weight is 217 g/mol. The quantitative estimate of drug-likeness (QED) is 0.357. The van der Waals surface area contributed by atoms with Gasteiger partial charge >= 0.3 is 0 Å². The van der Waals surface area contributed by atoms with E-state index in [0.29, 0.717) is 4.83 Å². The summed E-state index contributed by atoms with van der Waals surface area (Å²) >= 11 is 3.59. The highest BCUT2D eigenvalue weighted by Crippen LogP contribution is 2.13. The third-order valence-corrected chi connectivity index (χ3v) is 2.38. The Morgan fingerprint density at radius 3 is 2.82 bits per heavy atom. The van der Waals surface area contributed by atoms with Gasteiger partial charge in [-0.2, -0.15) is 0 Å². The highest BCUT2D eigenvalue weighted by molar-refractivity contribution is 9.09. The monoisotopic (exact) mass is 216 g/mol. The van der Waals surface area contributed by atoms with E-state index >= 15 is 0 Å². The largest absolute Gasteiger partial charge is 0.103 e. The molecule has 0 saturated carbocycles. The van der Waals surface area contributed by atoms with Crippen LogP contribution in [0.1, 0.15) is 32.6 Å². The molecule has 64 valence electrons. The van der Waals surface area contributed by atoms with Crippen LogP contribution in [0.25, 0.3) is 0 Å². The van der Waals surface area contributed by atoms with Crippen molar-refractivity contribution in [3.63, 3.8) is 0 Å². The van der Waals surface area contributed by atoms with Crippen LogP contribution < -0.4 is 0 Å². The van der Waals surface area contributed by atoms with Crippen LogP contribution in [0.3, 0.4) is 0 Å². The predicted molar refractivity (Wildman–Crippen MR) is 56.2 cm³/mol. The number of unbranched alkanes of at least 4 members (excludes halogenated alkanes) is 1. The lowest BCUT2D eigenvalue weighted by Gasteiger charge is -2.03. The molecular formula is C10H17Br. The van der Waals surface area contributed by atoms with E-state index in [1.54, 1.807) is 0 Å². The van der Waals surface area contributed by atoms with Crippen molar-refractivity contribution in [2.75, 3.05) is 0 Å². The van der Waals surface area contributed by atoms with Crippen molar-refractivity contribution in [3.8, 4) is 0 Å². The molecule has 0 aromatic heterocycles. The van der Waals surface area contributed by atoms with Gasteiger partial charge in [0.05, 0.1) is 0 Å². The molecule has 0 heterocycles. The SMILES string of the molecule is C=CCC(Br)CCCC=CC. The smallest absolute Gasteiger partial charge is 0.0180 e. The van der Waals surface area contributed by atoms with E-state index in [1.165, 1.54) is 19.3 Å². The second-order valence-electron chi connectivity index (χ2n) is 2.62. The van der Waals surface area contributed by atoms with Gasteiger partial charge in [0, 0.05) is 4.83 Å². The summed E-state index contributed by atoms with van der Waals surface area (Å²) in [5, 5.41) is 0. The molecule has 1 atom stereocenters. The summed E-state index contributed by atoms with van der Waals surface area (Å²) in [5.41, 5.74) is 0. The van der Waals surface area contributed by atoms with Crippen LogP contribution in [0.5, 0.6) is 0 Å². The number of allylic oxidation sites excluding steroid dienone is 3. The number of halogens is 1. The van der Waals surface area contributed by atoms with Crippen molar-refractivity contribution >= 4 is 15.9 Å². The van der Waals surface area contributed by atoms with E-state index in [1.807, 2.05) is 6.08 Å². The van der Waals surface area contributed by atoms with Crippen molar-refractivity contribution < 1.29 is 0 Å². The maximum Gasteiger partial charge on any atom is 0.0180 e. The number of rotatable bonds is 6. The summed E-state index contributed by atoms with van der Waals surface area (Å²) < 4.78 is 0. The van der Waals surface area contributed by atoms with Crippen molar-refractivity contribution in [1.29, 1.82) is 0 Å². The Hall–Kier alpha value is -0.0400. The maximum absolute atomic E-state index is 3.70. The molecular weight excluding hydrogens is 200 g/mol. The highest BCUT2D eigenvalue weighted by Gasteiger charge is 1.98. The zero-order valence-electron chi connectivity index (χ0n) is 7.22. The summed E-state index contributed by atoms with van der Waals surface area (Å²) in [6, 6.07) is 0. The minimum Gasteiger partial charge on any atom is -0.103 e. The van der Waals surface area contributed by atoms with Crippen molar-refractivity contribution in [1.82, 2.24) is 0 Å². The van der Waals surface area contributed by atoms with Crippen LogP contribution >= 0.6 is 15.9 Å². The molecule has 0 saturated heterocycles. The zero-order valence-corrected chi connectivity index (χ0v) is 8.81. The third-order valence-electron chi connectivity index (χ3n) is 1.55. The molecule has 0 spiro atoms. The fourth-order valence-electron chi connectivity index (χ4n) is 0.923. The lowest BCUT2D eigenvalue weighted by molar-refractivity contribution is 0.719. The van der Waals surface area contributed by atoms with Crippen LogP contribution in [0.2, 0.25) is 0 Å². The van der Waals surface area contributed by atoms with E-state index in [-0.39, 0.29) is 0 Å². The van der Waals surface area contributed by atoms with Gasteiger partial charge < -0.3 is 0 Å². The number of hydrogen-bond acceptors (Lipinski definition) is 0. The topological polar surface area (TPSA) is 0 Å². The van der Waals surface area contributed by atoms with Crippen LogP contribution in [0.15, 0.2) is 24.8 Å². The molecule has 0 aliphatic carbocycles. The Morgan fingerprint density at radius 2 is 2.27 bits per heavy atom. The van der Waals surface area contributed by atoms with Crippen LogP contribution in [-0.2, 0) is 0 Å². The first kappa shape index (κ1) is 11.0. The Labute approximate surface area is 78.5 Å². The minimum absolute atomic E-state index is 0.630. The molecule has 0 aliphatic rings. The van der Waals surface area contributed by atoms with Gasteiger partial charge in [-0.25, -0.2) is 0 Å². The second-order valence-corrected chi connectivity index (χ2v) is 3.92. The summed E-state index contributed by atoms with van der Waals surface area (Å²) in [5.74, 6) is 0. The molecule has 0 N–H and O–H groups in total. The molecule has 0 aromatic carbocycles. The van der Waals surface area contributed by atoms with Gasteiger partial charge in [0.2, 0.25) is 0 Å². The standard InChI is InChI=1S/C10H17Br/c1-3-5-6-7-9-10(11)8-4-2/h3-5,10H,2,6-9H2,1H3. The molecule has 0 bridgehead atoms. The first-order valence-electron chi connectivity index (χ1n) is 4.17. The number of alkyl halides is 1. The molecule has 0 aromatic rings. The van der Waals surface area contributed by atoms with Gasteiger partial charge in [0.15, 0.2) is 0 Å². The van der Waals surface area contributed by atoms with E-state index in [9.17, 15) is 0 Å². The molecule has 1 heteroatoms. The van der Waals surface area contributed by atoms with Crippen LogP contribution in [-0.4, -0.2) is 4.83 Å². The van der Waals surface area contributed by atoms with Gasteiger partial charge in [0.25, 0.3) is 0 Å². The Bertz CT molecular complexity index is 116. The van der Waals surface area contributed by atoms with Gasteiger partial charge in [0.1, 0.15) is 0 Å². The van der Waals surface area contributed by atoms with Crippen molar-refractivity contribution in [2.45, 2.75) is 37.4 Å². The number of hydrogen-bond donors (Lipinski definition) is 0. The van der Waals surface area contributed by atoms with E-state index in [4.69, 9.17) is 0 Å². The fourth-order valence-corrected chi connectivity index (χ4v) is 1.51. The molecule has 1 unspecified atom stereocenters. The minimum atomic E-state index is 0.630. The van der Waals surface area contributed by atoms with E-state index in [0.717, 1.165) is 6.42 Å². The first-order valence-corrected chi connectivity index (χ1v) is 5.09. The lowest BCUT2D eigenvalue weighted by Crippen LogP contribution is -1.94. The summed E-state index contributed by atoms with van der Waals surface area (Å²) in [7, 11) is 0. The van der Waals surface area contributed by atoms with Gasteiger partial charge in [-0.1, -0.05) is 34.2 Å². The van der Waals surface area contributed by atoms with Gasteiger partial charge in [-0.3, -0.25) is 0 Å². The summed E-state index contributed by atoms with van der Waals surface area (Å²) in [6.07, 6.45) is 11.1. The normalized spacial score (nSPS) is 13.6. The lowest BCUT2D eigenvalue weighted by atomic mass is 10.1. The molecule has 0 amide bonds. The van der Waals surface area contributed by atoms with Crippen molar-refractivity contribution in [3.05, 3.63) is 24.8 Å². The summed E-state index contributed by atoms with van der Waals surface area (Å²) in [4.78, 5) is 0.630.